The normalized spacial score (nSPS) is 17.7. The molecule has 9 heteroatoms. The Morgan fingerprint density at radius 3 is 2.73 bits per heavy atom. The number of allylic oxidation sites excluding steroid dienone is 3. The van der Waals surface area contributed by atoms with Gasteiger partial charge in [0.1, 0.15) is 0 Å². The molecule has 1 N–H and O–H groups in total. The zero-order valence-corrected chi connectivity index (χ0v) is 17.8. The fourth-order valence-corrected chi connectivity index (χ4v) is 3.40. The molecule has 1 aromatic carbocycles. The third kappa shape index (κ3) is 5.44. The second-order valence-electron chi connectivity index (χ2n) is 6.71. The number of carbonyl (C=O) groups excluding carboxylic acids is 1. The fourth-order valence-electron chi connectivity index (χ4n) is 3.40. The molecule has 30 heavy (non-hydrogen) atoms. The van der Waals surface area contributed by atoms with Crippen molar-refractivity contribution in [2.45, 2.75) is 46.3 Å². The zero-order valence-electron chi connectivity index (χ0n) is 17.8. The lowest BCUT2D eigenvalue weighted by molar-refractivity contribution is -0.384. The Hall–Kier alpha value is -3.20. The molecule has 0 fully saturated rings. The van der Waals surface area contributed by atoms with Gasteiger partial charge in [0, 0.05) is 55.6 Å². The molecule has 1 heterocycles. The monoisotopic (exact) mass is 417 g/mol. The molecular formula is C21H27N3O6. The fraction of sp³-hybridized carbons (Fsp3) is 0.429. The van der Waals surface area contributed by atoms with E-state index in [1.807, 2.05) is 13.8 Å². The predicted molar refractivity (Wildman–Crippen MR) is 112 cm³/mol. The molecule has 162 valence electrons. The summed E-state index contributed by atoms with van der Waals surface area (Å²) in [5.74, 6) is -1.02. The van der Waals surface area contributed by atoms with E-state index in [9.17, 15) is 14.9 Å². The van der Waals surface area contributed by atoms with Crippen LogP contribution in [0.3, 0.4) is 0 Å². The Morgan fingerprint density at radius 1 is 1.37 bits per heavy atom. The van der Waals surface area contributed by atoms with E-state index in [0.29, 0.717) is 29.9 Å². The first-order chi connectivity index (χ1) is 14.3. The molecule has 0 saturated heterocycles. The lowest BCUT2D eigenvalue weighted by atomic mass is 9.79. The lowest BCUT2D eigenvalue weighted by Gasteiger charge is -2.31. The number of oxime groups is 1. The third-order valence-electron chi connectivity index (χ3n) is 4.71. The van der Waals surface area contributed by atoms with Crippen LogP contribution >= 0.6 is 0 Å². The van der Waals surface area contributed by atoms with Crippen LogP contribution in [0.1, 0.15) is 45.6 Å². The van der Waals surface area contributed by atoms with Crippen LogP contribution in [-0.4, -0.2) is 37.1 Å². The van der Waals surface area contributed by atoms with Crippen LogP contribution in [0.25, 0.3) is 0 Å². The number of ether oxygens (including phenoxy) is 2. The summed E-state index contributed by atoms with van der Waals surface area (Å²) >= 11 is 0. The number of hydrogen-bond donors (Lipinski definition) is 1. The van der Waals surface area contributed by atoms with E-state index in [1.165, 1.54) is 19.2 Å². The van der Waals surface area contributed by atoms with Crippen LogP contribution in [0.15, 0.2) is 52.0 Å². The summed E-state index contributed by atoms with van der Waals surface area (Å²) in [5, 5.41) is 18.4. The Morgan fingerprint density at radius 2 is 2.10 bits per heavy atom. The highest BCUT2D eigenvalue weighted by atomic mass is 16.8. The van der Waals surface area contributed by atoms with Crippen molar-refractivity contribution in [2.75, 3.05) is 13.7 Å². The minimum atomic E-state index is -0.519. The first kappa shape index (κ1) is 23.1. The molecule has 2 atom stereocenters. The maximum atomic E-state index is 12.6. The number of esters is 1. The Kier molecular flexibility index (Phi) is 8.11. The van der Waals surface area contributed by atoms with Crippen molar-refractivity contribution in [1.29, 1.82) is 0 Å². The summed E-state index contributed by atoms with van der Waals surface area (Å²) in [4.78, 5) is 28.6. The number of rotatable bonds is 9. The number of nitro groups is 1. The number of dihydropyridines is 1. The Balaban J connectivity index is 2.43. The van der Waals surface area contributed by atoms with E-state index < -0.39 is 23.1 Å². The van der Waals surface area contributed by atoms with Crippen LogP contribution in [-0.2, 0) is 19.1 Å². The van der Waals surface area contributed by atoms with Crippen LogP contribution in [0, 0.1) is 10.1 Å². The van der Waals surface area contributed by atoms with Gasteiger partial charge in [0.15, 0.2) is 0 Å². The van der Waals surface area contributed by atoms with Crippen LogP contribution < -0.4 is 5.32 Å². The molecule has 0 bridgehead atoms. The topological polar surface area (TPSA) is 112 Å². The van der Waals surface area contributed by atoms with E-state index in [4.69, 9.17) is 14.3 Å². The quantitative estimate of drug-likeness (QED) is 0.214. The SMILES string of the molecule is CCOC(C)ON=CCC1=C(C)NC(C)=C(C(=O)OC)C1c1cccc([N+](=O)[O-])c1. The van der Waals surface area contributed by atoms with Gasteiger partial charge >= 0.3 is 5.97 Å². The molecule has 0 saturated carbocycles. The van der Waals surface area contributed by atoms with Gasteiger partial charge in [-0.15, -0.1) is 0 Å². The highest BCUT2D eigenvalue weighted by Gasteiger charge is 2.33. The summed E-state index contributed by atoms with van der Waals surface area (Å²) < 4.78 is 10.3. The molecule has 9 nitrogen and oxygen atoms in total. The molecule has 0 aromatic heterocycles. The number of non-ortho nitro benzene ring substituents is 1. The predicted octanol–water partition coefficient (Wildman–Crippen LogP) is 3.78. The number of carbonyl (C=O) groups is 1. The molecule has 0 spiro atoms. The maximum Gasteiger partial charge on any atom is 0.336 e. The average Bonchev–Trinajstić information content (AvgIpc) is 2.71. The zero-order chi connectivity index (χ0) is 22.3. The van der Waals surface area contributed by atoms with Crippen LogP contribution in [0.4, 0.5) is 5.69 Å². The molecule has 1 aromatic rings. The van der Waals surface area contributed by atoms with Crippen molar-refractivity contribution in [3.63, 3.8) is 0 Å². The number of nitro benzene ring substituents is 1. The molecule has 1 aliphatic rings. The molecule has 2 unspecified atom stereocenters. The largest absolute Gasteiger partial charge is 0.466 e. The summed E-state index contributed by atoms with van der Waals surface area (Å²) in [6, 6.07) is 6.26. The molecule has 0 amide bonds. The second-order valence-corrected chi connectivity index (χ2v) is 6.71. The minimum absolute atomic E-state index is 0.0487. The summed E-state index contributed by atoms with van der Waals surface area (Å²) in [5.41, 5.74) is 3.27. The van der Waals surface area contributed by atoms with Crippen LogP contribution in [0.2, 0.25) is 0 Å². The number of methoxy groups -OCH3 is 1. The Labute approximate surface area is 175 Å². The van der Waals surface area contributed by atoms with Gasteiger partial charge in [-0.3, -0.25) is 10.1 Å². The first-order valence-electron chi connectivity index (χ1n) is 9.59. The van der Waals surface area contributed by atoms with Gasteiger partial charge in [-0.25, -0.2) is 4.79 Å². The van der Waals surface area contributed by atoms with Crippen molar-refractivity contribution < 1.29 is 24.0 Å². The summed E-state index contributed by atoms with van der Waals surface area (Å²) in [7, 11) is 1.31. The molecule has 0 aliphatic carbocycles. The van der Waals surface area contributed by atoms with Gasteiger partial charge in [-0.1, -0.05) is 17.3 Å². The van der Waals surface area contributed by atoms with Gasteiger partial charge in [0.25, 0.3) is 5.69 Å². The van der Waals surface area contributed by atoms with E-state index in [1.54, 1.807) is 32.2 Å². The van der Waals surface area contributed by atoms with Gasteiger partial charge in [0.05, 0.1) is 17.6 Å². The van der Waals surface area contributed by atoms with Crippen molar-refractivity contribution in [3.05, 3.63) is 62.5 Å². The van der Waals surface area contributed by atoms with E-state index >= 15 is 0 Å². The summed E-state index contributed by atoms with van der Waals surface area (Å²) in [6.45, 7) is 7.76. The summed E-state index contributed by atoms with van der Waals surface area (Å²) in [6.07, 6.45) is 1.46. The molecule has 0 radical (unpaired) electrons. The number of hydrogen-bond acceptors (Lipinski definition) is 8. The third-order valence-corrected chi connectivity index (χ3v) is 4.71. The standard InChI is InChI=1S/C21H27N3O6/c1-6-29-15(4)30-22-11-10-18-13(2)23-14(3)19(21(25)28-5)20(18)16-8-7-9-17(12-16)24(26)27/h7-9,11-12,15,20,23H,6,10H2,1-5H3. The smallest absolute Gasteiger partial charge is 0.336 e. The van der Waals surface area contributed by atoms with Crippen molar-refractivity contribution in [1.82, 2.24) is 5.32 Å². The number of nitrogens with one attached hydrogen (secondary N) is 1. The van der Waals surface area contributed by atoms with E-state index in [0.717, 1.165) is 11.3 Å². The van der Waals surface area contributed by atoms with Crippen molar-refractivity contribution in [2.24, 2.45) is 5.16 Å². The molecule has 1 aliphatic heterocycles. The van der Waals surface area contributed by atoms with Crippen LogP contribution in [0.5, 0.6) is 0 Å². The van der Waals surface area contributed by atoms with E-state index in [2.05, 4.69) is 10.5 Å². The first-order valence-corrected chi connectivity index (χ1v) is 9.59. The molecular weight excluding hydrogens is 390 g/mol. The van der Waals surface area contributed by atoms with Gasteiger partial charge in [-0.2, -0.15) is 0 Å². The highest BCUT2D eigenvalue weighted by molar-refractivity contribution is 5.93. The second kappa shape index (κ2) is 10.5. The van der Waals surface area contributed by atoms with Crippen molar-refractivity contribution in [3.8, 4) is 0 Å². The van der Waals surface area contributed by atoms with Crippen molar-refractivity contribution >= 4 is 17.9 Å². The molecule has 2 rings (SSSR count). The van der Waals surface area contributed by atoms with Gasteiger partial charge < -0.3 is 19.6 Å². The maximum absolute atomic E-state index is 12.6. The average molecular weight is 417 g/mol. The number of nitrogens with zero attached hydrogens (tertiary/aromatic N) is 2. The number of benzene rings is 1. The van der Waals surface area contributed by atoms with E-state index in [-0.39, 0.29) is 5.69 Å². The highest BCUT2D eigenvalue weighted by Crippen LogP contribution is 2.40. The lowest BCUT2D eigenvalue weighted by Crippen LogP contribution is -2.29. The van der Waals surface area contributed by atoms with Gasteiger partial charge in [-0.05, 0) is 31.9 Å². The Bertz CT molecular complexity index is 890. The minimum Gasteiger partial charge on any atom is -0.466 e. The van der Waals surface area contributed by atoms with Gasteiger partial charge in [0.2, 0.25) is 6.29 Å².